The van der Waals surface area contributed by atoms with Crippen molar-refractivity contribution in [1.29, 1.82) is 0 Å². The van der Waals surface area contributed by atoms with Gasteiger partial charge in [0, 0.05) is 24.6 Å². The maximum atomic E-state index is 4.43. The standard InChI is InChI=1S/C16H22N4/c1-12-16(18-10-9-17-12)13(2)19-15-8-6-5-7-14(15)11-20(3)4/h5-10,13,19H,11H2,1-4H3. The Kier molecular flexibility index (Phi) is 4.69. The summed E-state index contributed by atoms with van der Waals surface area (Å²) < 4.78 is 0. The molecule has 0 spiro atoms. The van der Waals surface area contributed by atoms with Gasteiger partial charge in [0.1, 0.15) is 0 Å². The van der Waals surface area contributed by atoms with Gasteiger partial charge in [-0.05, 0) is 39.6 Å². The van der Waals surface area contributed by atoms with Crippen LogP contribution in [0.3, 0.4) is 0 Å². The van der Waals surface area contributed by atoms with E-state index in [0.717, 1.165) is 23.6 Å². The molecule has 2 aromatic rings. The smallest absolute Gasteiger partial charge is 0.0835 e. The highest BCUT2D eigenvalue weighted by Gasteiger charge is 2.12. The molecule has 0 saturated heterocycles. The van der Waals surface area contributed by atoms with Gasteiger partial charge < -0.3 is 10.2 Å². The molecule has 1 aromatic carbocycles. The molecule has 0 fully saturated rings. The minimum atomic E-state index is 0.131. The van der Waals surface area contributed by atoms with Gasteiger partial charge in [0.05, 0.1) is 17.4 Å². The van der Waals surface area contributed by atoms with Crippen molar-refractivity contribution >= 4 is 5.69 Å². The summed E-state index contributed by atoms with van der Waals surface area (Å²) in [7, 11) is 4.15. The van der Waals surface area contributed by atoms with Crippen molar-refractivity contribution < 1.29 is 0 Å². The molecule has 0 aliphatic rings. The van der Waals surface area contributed by atoms with Crippen molar-refractivity contribution in [3.8, 4) is 0 Å². The Bertz CT molecular complexity index is 566. The third-order valence-electron chi connectivity index (χ3n) is 3.21. The minimum Gasteiger partial charge on any atom is -0.377 e. The molecule has 0 bridgehead atoms. The molecule has 1 aromatic heterocycles. The van der Waals surface area contributed by atoms with Crippen LogP contribution in [0.2, 0.25) is 0 Å². The maximum absolute atomic E-state index is 4.43. The Morgan fingerprint density at radius 3 is 2.55 bits per heavy atom. The molecule has 0 amide bonds. The zero-order chi connectivity index (χ0) is 14.5. The Balaban J connectivity index is 2.20. The molecule has 4 heteroatoms. The molecule has 0 aliphatic carbocycles. The van der Waals surface area contributed by atoms with Crippen LogP contribution in [0.25, 0.3) is 0 Å². The maximum Gasteiger partial charge on any atom is 0.0835 e. The predicted octanol–water partition coefficient (Wildman–Crippen LogP) is 3.02. The zero-order valence-electron chi connectivity index (χ0n) is 12.6. The monoisotopic (exact) mass is 270 g/mol. The molecule has 1 heterocycles. The summed E-state index contributed by atoms with van der Waals surface area (Å²) in [5.41, 5.74) is 4.40. The number of anilines is 1. The summed E-state index contributed by atoms with van der Waals surface area (Å²) in [6.45, 7) is 5.02. The lowest BCUT2D eigenvalue weighted by molar-refractivity contribution is 0.403. The number of hydrogen-bond donors (Lipinski definition) is 1. The fourth-order valence-electron chi connectivity index (χ4n) is 2.28. The quantitative estimate of drug-likeness (QED) is 0.906. The van der Waals surface area contributed by atoms with Crippen LogP contribution in [0.15, 0.2) is 36.7 Å². The number of nitrogens with one attached hydrogen (secondary N) is 1. The van der Waals surface area contributed by atoms with Gasteiger partial charge >= 0.3 is 0 Å². The largest absolute Gasteiger partial charge is 0.377 e. The second-order valence-electron chi connectivity index (χ2n) is 5.29. The predicted molar refractivity (Wildman–Crippen MR) is 82.6 cm³/mol. The van der Waals surface area contributed by atoms with Gasteiger partial charge in [-0.1, -0.05) is 18.2 Å². The molecule has 20 heavy (non-hydrogen) atoms. The van der Waals surface area contributed by atoms with Crippen LogP contribution in [0.4, 0.5) is 5.69 Å². The average molecular weight is 270 g/mol. The second kappa shape index (κ2) is 6.48. The highest BCUT2D eigenvalue weighted by Crippen LogP contribution is 2.23. The number of para-hydroxylation sites is 1. The lowest BCUT2D eigenvalue weighted by atomic mass is 10.1. The first-order valence-electron chi connectivity index (χ1n) is 6.84. The van der Waals surface area contributed by atoms with Crippen molar-refractivity contribution in [2.24, 2.45) is 0 Å². The van der Waals surface area contributed by atoms with Gasteiger partial charge in [0.25, 0.3) is 0 Å². The molecule has 2 rings (SSSR count). The normalized spacial score (nSPS) is 12.4. The number of rotatable bonds is 5. The first-order valence-corrected chi connectivity index (χ1v) is 6.84. The Labute approximate surface area is 120 Å². The Hall–Kier alpha value is -1.94. The van der Waals surface area contributed by atoms with Crippen LogP contribution in [-0.2, 0) is 6.54 Å². The van der Waals surface area contributed by atoms with Gasteiger partial charge in [-0.25, -0.2) is 0 Å². The summed E-state index contributed by atoms with van der Waals surface area (Å²) in [6.07, 6.45) is 3.47. The molecule has 1 unspecified atom stereocenters. The lowest BCUT2D eigenvalue weighted by Gasteiger charge is -2.20. The summed E-state index contributed by atoms with van der Waals surface area (Å²) in [4.78, 5) is 10.9. The van der Waals surface area contributed by atoms with Crippen molar-refractivity contribution in [3.05, 3.63) is 53.6 Å². The van der Waals surface area contributed by atoms with Gasteiger partial charge in [-0.15, -0.1) is 0 Å². The molecule has 4 nitrogen and oxygen atoms in total. The molecule has 1 N–H and O–H groups in total. The molecule has 106 valence electrons. The van der Waals surface area contributed by atoms with Gasteiger partial charge in [-0.2, -0.15) is 0 Å². The van der Waals surface area contributed by atoms with Crippen molar-refractivity contribution in [2.75, 3.05) is 19.4 Å². The van der Waals surface area contributed by atoms with Crippen molar-refractivity contribution in [3.63, 3.8) is 0 Å². The zero-order valence-corrected chi connectivity index (χ0v) is 12.6. The second-order valence-corrected chi connectivity index (χ2v) is 5.29. The van der Waals surface area contributed by atoms with Crippen LogP contribution in [-0.4, -0.2) is 29.0 Å². The SMILES string of the molecule is Cc1nccnc1C(C)Nc1ccccc1CN(C)C. The molecular formula is C16H22N4. The van der Waals surface area contributed by atoms with E-state index in [1.165, 1.54) is 5.56 Å². The third-order valence-corrected chi connectivity index (χ3v) is 3.21. The van der Waals surface area contributed by atoms with E-state index in [1.807, 2.05) is 6.92 Å². The van der Waals surface area contributed by atoms with Crippen LogP contribution in [0.1, 0.15) is 29.9 Å². The minimum absolute atomic E-state index is 0.131. The van der Waals surface area contributed by atoms with Crippen molar-refractivity contribution in [1.82, 2.24) is 14.9 Å². The number of aromatic nitrogens is 2. The molecule has 0 saturated carbocycles. The Morgan fingerprint density at radius 1 is 1.15 bits per heavy atom. The van der Waals surface area contributed by atoms with E-state index in [2.05, 4.69) is 65.5 Å². The number of aryl methyl sites for hydroxylation is 1. The number of benzene rings is 1. The summed E-state index contributed by atoms with van der Waals surface area (Å²) in [5.74, 6) is 0. The molecular weight excluding hydrogens is 248 g/mol. The van der Waals surface area contributed by atoms with Crippen LogP contribution >= 0.6 is 0 Å². The van der Waals surface area contributed by atoms with E-state index in [9.17, 15) is 0 Å². The van der Waals surface area contributed by atoms with E-state index >= 15 is 0 Å². The van der Waals surface area contributed by atoms with Crippen LogP contribution in [0, 0.1) is 6.92 Å². The fourth-order valence-corrected chi connectivity index (χ4v) is 2.28. The van der Waals surface area contributed by atoms with E-state index in [-0.39, 0.29) is 6.04 Å². The highest BCUT2D eigenvalue weighted by atomic mass is 15.1. The number of nitrogens with zero attached hydrogens (tertiary/aromatic N) is 3. The first-order chi connectivity index (χ1) is 9.58. The molecule has 0 radical (unpaired) electrons. The van der Waals surface area contributed by atoms with Gasteiger partial charge in [0.15, 0.2) is 0 Å². The van der Waals surface area contributed by atoms with Gasteiger partial charge in [-0.3, -0.25) is 9.97 Å². The summed E-state index contributed by atoms with van der Waals surface area (Å²) >= 11 is 0. The highest BCUT2D eigenvalue weighted by molar-refractivity contribution is 5.52. The van der Waals surface area contributed by atoms with Crippen LogP contribution in [0.5, 0.6) is 0 Å². The average Bonchev–Trinajstić information content (AvgIpc) is 2.41. The van der Waals surface area contributed by atoms with Gasteiger partial charge in [0.2, 0.25) is 0 Å². The number of hydrogen-bond acceptors (Lipinski definition) is 4. The summed E-state index contributed by atoms with van der Waals surface area (Å²) in [6, 6.07) is 8.52. The first kappa shape index (κ1) is 14.5. The van der Waals surface area contributed by atoms with E-state index in [4.69, 9.17) is 0 Å². The molecule has 1 atom stereocenters. The molecule has 0 aliphatic heterocycles. The van der Waals surface area contributed by atoms with Crippen LogP contribution < -0.4 is 5.32 Å². The summed E-state index contributed by atoms with van der Waals surface area (Å²) in [5, 5.41) is 3.54. The van der Waals surface area contributed by atoms with E-state index in [1.54, 1.807) is 12.4 Å². The topological polar surface area (TPSA) is 41.1 Å². The lowest BCUT2D eigenvalue weighted by Crippen LogP contribution is -2.15. The third kappa shape index (κ3) is 3.54. The van der Waals surface area contributed by atoms with E-state index in [0.29, 0.717) is 0 Å². The van der Waals surface area contributed by atoms with E-state index < -0.39 is 0 Å². The Morgan fingerprint density at radius 2 is 1.85 bits per heavy atom. The van der Waals surface area contributed by atoms with Crippen molar-refractivity contribution in [2.45, 2.75) is 26.4 Å². The fraction of sp³-hybridized carbons (Fsp3) is 0.375.